The van der Waals surface area contributed by atoms with Crippen LogP contribution in [-0.4, -0.2) is 24.1 Å². The van der Waals surface area contributed by atoms with E-state index < -0.39 is 0 Å². The van der Waals surface area contributed by atoms with Crippen LogP contribution in [-0.2, 0) is 15.7 Å². The minimum atomic E-state index is -0.321. The fourth-order valence-electron chi connectivity index (χ4n) is 2.47. The van der Waals surface area contributed by atoms with Crippen LogP contribution in [0.4, 0.5) is 0 Å². The van der Waals surface area contributed by atoms with Crippen molar-refractivity contribution in [1.82, 2.24) is 0 Å². The van der Waals surface area contributed by atoms with Crippen LogP contribution < -0.4 is 0 Å². The van der Waals surface area contributed by atoms with Crippen molar-refractivity contribution < 1.29 is 9.31 Å². The Hall–Kier alpha value is -0.705. The highest BCUT2D eigenvalue weighted by molar-refractivity contribution is 7.80. The highest BCUT2D eigenvalue weighted by atomic mass is 32.1. The van der Waals surface area contributed by atoms with Crippen molar-refractivity contribution >= 4 is 25.8 Å². The van der Waals surface area contributed by atoms with Gasteiger partial charge >= 0.3 is 7.12 Å². The molecule has 0 N–H and O–H groups in total. The predicted molar refractivity (Wildman–Crippen MR) is 98.3 cm³/mol. The molecule has 1 aromatic carbocycles. The minimum absolute atomic E-state index is 0.315. The largest absolute Gasteiger partial charge is 0.491 e. The lowest BCUT2D eigenvalue weighted by Gasteiger charge is -2.32. The number of benzene rings is 1. The summed E-state index contributed by atoms with van der Waals surface area (Å²) in [6, 6.07) is 8.69. The molecule has 2 rings (SSSR count). The van der Waals surface area contributed by atoms with Crippen LogP contribution in [0, 0.1) is 0 Å². The lowest BCUT2D eigenvalue weighted by molar-refractivity contribution is 0.00578. The van der Waals surface area contributed by atoms with E-state index in [-0.39, 0.29) is 18.3 Å². The Morgan fingerprint density at radius 2 is 1.64 bits per heavy atom. The van der Waals surface area contributed by atoms with Crippen LogP contribution in [0.15, 0.2) is 29.7 Å². The zero-order valence-electron chi connectivity index (χ0n) is 14.3. The summed E-state index contributed by atoms with van der Waals surface area (Å²) in [4.78, 5) is 0. The molecule has 0 radical (unpaired) electrons. The third-order valence-electron chi connectivity index (χ3n) is 4.61. The molecule has 0 spiro atoms. The van der Waals surface area contributed by atoms with Gasteiger partial charge in [0.25, 0.3) is 0 Å². The number of aryl methyl sites for hydroxylation is 1. The summed E-state index contributed by atoms with van der Waals surface area (Å²) in [6.07, 6.45) is 4.43. The van der Waals surface area contributed by atoms with E-state index in [0.717, 1.165) is 11.9 Å². The van der Waals surface area contributed by atoms with Gasteiger partial charge in [0.15, 0.2) is 0 Å². The summed E-state index contributed by atoms with van der Waals surface area (Å²) < 4.78 is 12.2. The molecule has 2 nitrogen and oxygen atoms in total. The van der Waals surface area contributed by atoms with Crippen LogP contribution >= 0.6 is 12.6 Å². The molecule has 0 aliphatic carbocycles. The maximum absolute atomic E-state index is 6.11. The Bertz CT molecular complexity index is 519. The lowest BCUT2D eigenvalue weighted by Crippen LogP contribution is -2.41. The summed E-state index contributed by atoms with van der Waals surface area (Å²) in [5, 5.41) is 0. The van der Waals surface area contributed by atoms with Gasteiger partial charge in [-0.25, -0.2) is 0 Å². The van der Waals surface area contributed by atoms with Crippen LogP contribution in [0.1, 0.15) is 52.2 Å². The topological polar surface area (TPSA) is 18.5 Å². The second-order valence-corrected chi connectivity index (χ2v) is 7.27. The molecule has 0 atom stereocenters. The van der Waals surface area contributed by atoms with Crippen molar-refractivity contribution in [3.8, 4) is 0 Å². The molecular weight excluding hydrogens is 291 g/mol. The van der Waals surface area contributed by atoms with E-state index in [9.17, 15) is 0 Å². The van der Waals surface area contributed by atoms with Gasteiger partial charge in [-0.1, -0.05) is 43.7 Å². The lowest BCUT2D eigenvalue weighted by atomic mass is 9.78. The molecule has 1 heterocycles. The van der Waals surface area contributed by atoms with Crippen LogP contribution in [0.2, 0.25) is 0 Å². The first-order valence-electron chi connectivity index (χ1n) is 8.05. The average molecular weight is 318 g/mol. The first-order valence-corrected chi connectivity index (χ1v) is 8.68. The number of rotatable bonds is 5. The molecule has 1 aromatic rings. The molecule has 1 saturated heterocycles. The smallest absolute Gasteiger partial charge is 0.400 e. The maximum atomic E-state index is 6.11. The zero-order chi connectivity index (χ0) is 16.4. The third kappa shape index (κ3) is 3.79. The Morgan fingerprint density at radius 3 is 2.09 bits per heavy atom. The Morgan fingerprint density at radius 1 is 1.09 bits per heavy atom. The van der Waals surface area contributed by atoms with Gasteiger partial charge < -0.3 is 9.31 Å². The van der Waals surface area contributed by atoms with Crippen molar-refractivity contribution in [3.05, 3.63) is 40.9 Å². The maximum Gasteiger partial charge on any atom is 0.491 e. The van der Waals surface area contributed by atoms with E-state index in [4.69, 9.17) is 9.31 Å². The normalized spacial score (nSPS) is 20.5. The Labute approximate surface area is 140 Å². The molecule has 22 heavy (non-hydrogen) atoms. The van der Waals surface area contributed by atoms with Crippen molar-refractivity contribution in [2.45, 2.75) is 58.7 Å². The van der Waals surface area contributed by atoms with E-state index in [1.54, 1.807) is 0 Å². The van der Waals surface area contributed by atoms with Gasteiger partial charge in [-0.05, 0) is 50.7 Å². The van der Waals surface area contributed by atoms with Crippen molar-refractivity contribution in [2.75, 3.05) is 5.75 Å². The first-order chi connectivity index (χ1) is 10.3. The number of thiol groups is 1. The summed E-state index contributed by atoms with van der Waals surface area (Å²) in [7, 11) is -0.321. The quantitative estimate of drug-likeness (QED) is 0.632. The molecule has 0 amide bonds. The zero-order valence-corrected chi connectivity index (χ0v) is 15.2. The van der Waals surface area contributed by atoms with Crippen LogP contribution in [0.5, 0.6) is 0 Å². The van der Waals surface area contributed by atoms with E-state index >= 15 is 0 Å². The summed E-state index contributed by atoms with van der Waals surface area (Å²) in [6.45, 7) is 10.5. The second-order valence-electron chi connectivity index (χ2n) is 6.96. The molecule has 4 heteroatoms. The minimum Gasteiger partial charge on any atom is -0.400 e. The molecule has 1 aliphatic rings. The highest BCUT2D eigenvalue weighted by Gasteiger charge is 2.52. The van der Waals surface area contributed by atoms with Gasteiger partial charge in [0.2, 0.25) is 0 Å². The van der Waals surface area contributed by atoms with E-state index in [1.165, 1.54) is 17.5 Å². The molecule has 0 saturated carbocycles. The summed E-state index contributed by atoms with van der Waals surface area (Å²) in [5.74, 6) is 0.619. The first kappa shape index (κ1) is 17.6. The monoisotopic (exact) mass is 318 g/mol. The molecular formula is C18H27BO2S. The van der Waals surface area contributed by atoms with Crippen molar-refractivity contribution in [2.24, 2.45) is 0 Å². The fourth-order valence-corrected chi connectivity index (χ4v) is 2.71. The van der Waals surface area contributed by atoms with Gasteiger partial charge in [0, 0.05) is 5.75 Å². The molecule has 0 aromatic heterocycles. The van der Waals surface area contributed by atoms with E-state index in [0.29, 0.717) is 5.75 Å². The number of hydrogen-bond acceptors (Lipinski definition) is 3. The average Bonchev–Trinajstić information content (AvgIpc) is 2.67. The fraction of sp³-hybridized carbons (Fsp3) is 0.556. The number of hydrogen-bond donors (Lipinski definition) is 1. The SMILES string of the molecule is CCCc1ccc(C=C(CS)B2OC(C)(C)C(C)(C)O2)cc1. The van der Waals surface area contributed by atoms with Gasteiger partial charge in [-0.3, -0.25) is 0 Å². The standard InChI is InChI=1S/C18H27BO2S/c1-6-7-14-8-10-15(11-9-14)12-16(13-22)19-20-17(2,3)18(4,5)21-19/h8-12,22H,6-7,13H2,1-5H3. The molecule has 120 valence electrons. The highest BCUT2D eigenvalue weighted by Crippen LogP contribution is 2.39. The van der Waals surface area contributed by atoms with Crippen LogP contribution in [0.25, 0.3) is 6.08 Å². The molecule has 1 aliphatic heterocycles. The van der Waals surface area contributed by atoms with Gasteiger partial charge in [0.1, 0.15) is 0 Å². The van der Waals surface area contributed by atoms with Gasteiger partial charge in [-0.15, -0.1) is 0 Å². The Kier molecular flexibility index (Phi) is 5.47. The van der Waals surface area contributed by atoms with Gasteiger partial charge in [-0.2, -0.15) is 12.6 Å². The summed E-state index contributed by atoms with van der Waals surface area (Å²) >= 11 is 4.46. The molecule has 0 unspecified atom stereocenters. The predicted octanol–water partition coefficient (Wildman–Crippen LogP) is 4.58. The van der Waals surface area contributed by atoms with Crippen molar-refractivity contribution in [3.63, 3.8) is 0 Å². The van der Waals surface area contributed by atoms with E-state index in [1.807, 2.05) is 0 Å². The second kappa shape index (κ2) is 6.82. The third-order valence-corrected chi connectivity index (χ3v) is 4.97. The molecule has 1 fully saturated rings. The van der Waals surface area contributed by atoms with Crippen molar-refractivity contribution in [1.29, 1.82) is 0 Å². The van der Waals surface area contributed by atoms with Gasteiger partial charge in [0.05, 0.1) is 11.2 Å². The summed E-state index contributed by atoms with van der Waals surface area (Å²) in [5.41, 5.74) is 2.97. The molecule has 0 bridgehead atoms. The van der Waals surface area contributed by atoms with E-state index in [2.05, 4.69) is 77.6 Å². The van der Waals surface area contributed by atoms with Crippen LogP contribution in [0.3, 0.4) is 0 Å². The Balaban J connectivity index is 2.18.